The van der Waals surface area contributed by atoms with Gasteiger partial charge in [-0.2, -0.15) is 0 Å². The fraction of sp³-hybridized carbons (Fsp3) is 0.800. The summed E-state index contributed by atoms with van der Waals surface area (Å²) >= 11 is 0. The van der Waals surface area contributed by atoms with Gasteiger partial charge in [-0.3, -0.25) is 43.6 Å². The van der Waals surface area contributed by atoms with Gasteiger partial charge in [-0.15, -0.1) is 0 Å². The second kappa shape index (κ2) is 19.3. The summed E-state index contributed by atoms with van der Waals surface area (Å²) in [5.41, 5.74) is 0. The summed E-state index contributed by atoms with van der Waals surface area (Å²) in [5.74, 6) is -3.15. The quantitative estimate of drug-likeness (QED) is 0.149. The van der Waals surface area contributed by atoms with Crippen molar-refractivity contribution in [3.63, 3.8) is 0 Å². The lowest BCUT2D eigenvalue weighted by Crippen LogP contribution is -2.49. The molecule has 0 spiro atoms. The molecule has 1 saturated heterocycles. The molecule has 1 heterocycles. The summed E-state index contributed by atoms with van der Waals surface area (Å²) in [6.45, 7) is 6.54. The number of carbonyl (C=O) groups is 5. The van der Waals surface area contributed by atoms with E-state index in [0.717, 1.165) is 19.3 Å². The van der Waals surface area contributed by atoms with E-state index in [1.165, 1.54) is 0 Å². The molecule has 39 heavy (non-hydrogen) atoms. The molecule has 224 valence electrons. The monoisotopic (exact) mass is 558 g/mol. The molecule has 2 amide bonds. The summed E-state index contributed by atoms with van der Waals surface area (Å²) in [5, 5.41) is 33.7. The van der Waals surface area contributed by atoms with Gasteiger partial charge in [0.1, 0.15) is 0 Å². The van der Waals surface area contributed by atoms with Crippen molar-refractivity contribution in [3.8, 4) is 0 Å². The van der Waals surface area contributed by atoms with Gasteiger partial charge in [0.15, 0.2) is 0 Å². The van der Waals surface area contributed by atoms with Crippen LogP contribution in [0.3, 0.4) is 0 Å². The molecule has 0 unspecified atom stereocenters. The molecule has 1 atom stereocenters. The van der Waals surface area contributed by atoms with Crippen molar-refractivity contribution in [3.05, 3.63) is 0 Å². The smallest absolute Gasteiger partial charge is 0.317 e. The van der Waals surface area contributed by atoms with Gasteiger partial charge in [0.25, 0.3) is 0 Å². The second-order valence-corrected chi connectivity index (χ2v) is 9.95. The summed E-state index contributed by atoms with van der Waals surface area (Å²) in [4.78, 5) is 65.1. The number of carboxylic acids is 3. The number of carboxylic acid groups (broad SMARTS) is 3. The minimum Gasteiger partial charge on any atom is -0.480 e. The van der Waals surface area contributed by atoms with Crippen LogP contribution in [0.15, 0.2) is 0 Å². The van der Waals surface area contributed by atoms with Gasteiger partial charge in [-0.05, 0) is 26.2 Å². The molecule has 1 aliphatic rings. The van der Waals surface area contributed by atoms with E-state index in [2.05, 4.69) is 10.6 Å². The van der Waals surface area contributed by atoms with Gasteiger partial charge in [0.05, 0.1) is 26.2 Å². The molecule has 1 rings (SSSR count). The summed E-state index contributed by atoms with van der Waals surface area (Å²) < 4.78 is 0. The highest BCUT2D eigenvalue weighted by atomic mass is 16.4. The molecular weight excluding hydrogens is 512 g/mol. The van der Waals surface area contributed by atoms with Crippen LogP contribution in [0.25, 0.3) is 0 Å². The zero-order chi connectivity index (χ0) is 29.2. The third kappa shape index (κ3) is 17.4. The number of hydrogen-bond donors (Lipinski definition) is 5. The Labute approximate surface area is 230 Å². The third-order valence-corrected chi connectivity index (χ3v) is 6.49. The summed E-state index contributed by atoms with van der Waals surface area (Å²) in [7, 11) is 0. The molecule has 0 aromatic carbocycles. The van der Waals surface area contributed by atoms with Gasteiger partial charge in [-0.1, -0.05) is 6.92 Å². The molecule has 0 radical (unpaired) electrons. The Hall–Kier alpha value is -2.81. The molecule has 1 aliphatic heterocycles. The van der Waals surface area contributed by atoms with E-state index in [4.69, 9.17) is 0 Å². The van der Waals surface area contributed by atoms with Crippen LogP contribution in [0.2, 0.25) is 0 Å². The molecular formula is C25H46N6O8. The summed E-state index contributed by atoms with van der Waals surface area (Å²) in [6, 6.07) is 0.0780. The Morgan fingerprint density at radius 2 is 1.03 bits per heavy atom. The Morgan fingerprint density at radius 3 is 1.38 bits per heavy atom. The first-order valence-electron chi connectivity index (χ1n) is 13.6. The number of unbranched alkanes of at least 4 members (excludes halogenated alkanes) is 1. The SMILES string of the molecule is CCC(=O)N[C@H](C)CCCCNC(=O)CN1CCN(CC(=O)O)CCN(CC(=O)O)CCN(CC(=O)O)CC1. The van der Waals surface area contributed by atoms with Crippen LogP contribution in [-0.2, 0) is 24.0 Å². The second-order valence-electron chi connectivity index (χ2n) is 9.95. The molecule has 1 fully saturated rings. The van der Waals surface area contributed by atoms with Gasteiger partial charge >= 0.3 is 17.9 Å². The number of carbonyl (C=O) groups excluding carboxylic acids is 2. The largest absolute Gasteiger partial charge is 0.480 e. The van der Waals surface area contributed by atoms with Crippen LogP contribution < -0.4 is 10.6 Å². The van der Waals surface area contributed by atoms with Crippen molar-refractivity contribution in [1.82, 2.24) is 30.2 Å². The highest BCUT2D eigenvalue weighted by Crippen LogP contribution is 2.03. The van der Waals surface area contributed by atoms with Crippen LogP contribution in [0.5, 0.6) is 0 Å². The van der Waals surface area contributed by atoms with Crippen LogP contribution in [-0.4, -0.2) is 156 Å². The van der Waals surface area contributed by atoms with E-state index in [9.17, 15) is 39.3 Å². The van der Waals surface area contributed by atoms with Crippen molar-refractivity contribution >= 4 is 29.7 Å². The van der Waals surface area contributed by atoms with Gasteiger partial charge < -0.3 is 26.0 Å². The topological polar surface area (TPSA) is 183 Å². The average molecular weight is 559 g/mol. The number of nitrogens with zero attached hydrogens (tertiary/aromatic N) is 4. The first-order chi connectivity index (χ1) is 18.5. The summed E-state index contributed by atoms with van der Waals surface area (Å²) in [6.07, 6.45) is 2.88. The molecule has 5 N–H and O–H groups in total. The van der Waals surface area contributed by atoms with E-state index < -0.39 is 17.9 Å². The van der Waals surface area contributed by atoms with Gasteiger partial charge in [-0.25, -0.2) is 0 Å². The van der Waals surface area contributed by atoms with Crippen molar-refractivity contribution in [2.45, 2.75) is 45.6 Å². The van der Waals surface area contributed by atoms with Gasteiger partial charge in [0.2, 0.25) is 11.8 Å². The lowest BCUT2D eigenvalue weighted by atomic mass is 10.1. The number of nitrogens with one attached hydrogen (secondary N) is 2. The van der Waals surface area contributed by atoms with Gasteiger partial charge in [0, 0.05) is 71.4 Å². The van der Waals surface area contributed by atoms with Crippen LogP contribution >= 0.6 is 0 Å². The van der Waals surface area contributed by atoms with Crippen LogP contribution in [0.4, 0.5) is 0 Å². The number of rotatable bonds is 15. The number of hydrogen-bond acceptors (Lipinski definition) is 9. The van der Waals surface area contributed by atoms with E-state index in [1.807, 2.05) is 11.8 Å². The maximum Gasteiger partial charge on any atom is 0.317 e. The number of amides is 2. The first kappa shape index (κ1) is 34.2. The highest BCUT2D eigenvalue weighted by molar-refractivity contribution is 5.78. The van der Waals surface area contributed by atoms with Crippen LogP contribution in [0.1, 0.15) is 39.5 Å². The molecule has 0 bridgehead atoms. The lowest BCUT2D eigenvalue weighted by Gasteiger charge is -2.32. The van der Waals surface area contributed by atoms with E-state index in [-0.39, 0.29) is 44.0 Å². The maximum atomic E-state index is 12.6. The van der Waals surface area contributed by atoms with Crippen molar-refractivity contribution < 1.29 is 39.3 Å². The third-order valence-electron chi connectivity index (χ3n) is 6.49. The minimum absolute atomic E-state index is 0.0170. The van der Waals surface area contributed by atoms with E-state index in [0.29, 0.717) is 65.3 Å². The zero-order valence-corrected chi connectivity index (χ0v) is 23.3. The maximum absolute atomic E-state index is 12.6. The molecule has 14 nitrogen and oxygen atoms in total. The lowest BCUT2D eigenvalue weighted by molar-refractivity contribution is -0.140. The predicted molar refractivity (Wildman–Crippen MR) is 143 cm³/mol. The van der Waals surface area contributed by atoms with Crippen LogP contribution in [0, 0.1) is 0 Å². The molecule has 0 saturated carbocycles. The Kier molecular flexibility index (Phi) is 16.9. The minimum atomic E-state index is -1.01. The molecule has 0 aromatic heterocycles. The fourth-order valence-electron chi connectivity index (χ4n) is 4.30. The average Bonchev–Trinajstić information content (AvgIpc) is 2.84. The Morgan fingerprint density at radius 1 is 0.641 bits per heavy atom. The van der Waals surface area contributed by atoms with E-state index >= 15 is 0 Å². The Balaban J connectivity index is 2.71. The Bertz CT molecular complexity index is 767. The first-order valence-corrected chi connectivity index (χ1v) is 13.6. The van der Waals surface area contributed by atoms with E-state index in [1.54, 1.807) is 21.6 Å². The molecule has 14 heteroatoms. The normalized spacial score (nSPS) is 17.9. The fourth-order valence-corrected chi connectivity index (χ4v) is 4.30. The molecule has 0 aromatic rings. The van der Waals surface area contributed by atoms with Crippen molar-refractivity contribution in [2.75, 3.05) is 85.1 Å². The van der Waals surface area contributed by atoms with Crippen molar-refractivity contribution in [2.24, 2.45) is 0 Å². The zero-order valence-electron chi connectivity index (χ0n) is 23.3. The predicted octanol–water partition coefficient (Wildman–Crippen LogP) is -1.34. The highest BCUT2D eigenvalue weighted by Gasteiger charge is 2.21. The van der Waals surface area contributed by atoms with Crippen molar-refractivity contribution in [1.29, 1.82) is 0 Å². The standard InChI is InChI=1S/C25H46N6O8/c1-3-21(32)27-20(2)6-4-5-7-26-22(33)16-28-8-10-29(17-23(34)35)12-14-31(19-25(38)39)15-13-30(11-9-28)18-24(36)37/h20H,3-19H2,1-2H3,(H,26,33)(H,27,32)(H,34,35)(H,36,37)(H,38,39)/t20-/m1/s1. The molecule has 0 aliphatic carbocycles. The number of aliphatic carboxylic acids is 3.